The predicted octanol–water partition coefficient (Wildman–Crippen LogP) is 3.01. The number of allylic oxidation sites excluding steroid dienone is 1. The SMILES string of the molecule is Cc1ccc(CN2C(=O)C3SC=CC3=[N+](CC(=O)NCCC(C)C)C2=O)cc1C. The Morgan fingerprint density at radius 3 is 2.69 bits per heavy atom. The highest BCUT2D eigenvalue weighted by atomic mass is 32.2. The summed E-state index contributed by atoms with van der Waals surface area (Å²) in [6.45, 7) is 8.93. The number of thioether (sulfide) groups is 1. The van der Waals surface area contributed by atoms with Gasteiger partial charge in [0.15, 0.2) is 11.8 Å². The highest BCUT2D eigenvalue weighted by Crippen LogP contribution is 2.28. The van der Waals surface area contributed by atoms with E-state index < -0.39 is 11.3 Å². The summed E-state index contributed by atoms with van der Waals surface area (Å²) >= 11 is 1.37. The monoisotopic (exact) mass is 414 g/mol. The second kappa shape index (κ2) is 8.95. The van der Waals surface area contributed by atoms with Crippen molar-refractivity contribution in [2.45, 2.75) is 45.9 Å². The van der Waals surface area contributed by atoms with Crippen LogP contribution < -0.4 is 5.32 Å². The molecular weight excluding hydrogens is 386 g/mol. The molecule has 0 fully saturated rings. The number of carbonyl (C=O) groups excluding carboxylic acids is 3. The highest BCUT2D eigenvalue weighted by molar-refractivity contribution is 8.04. The van der Waals surface area contributed by atoms with E-state index in [-0.39, 0.29) is 24.9 Å². The van der Waals surface area contributed by atoms with E-state index in [0.29, 0.717) is 18.2 Å². The Morgan fingerprint density at radius 1 is 1.24 bits per heavy atom. The van der Waals surface area contributed by atoms with Crippen molar-refractivity contribution in [3.05, 3.63) is 46.4 Å². The molecular formula is C22H28N3O3S+. The van der Waals surface area contributed by atoms with Crippen LogP contribution in [0, 0.1) is 19.8 Å². The molecule has 7 heteroatoms. The van der Waals surface area contributed by atoms with Gasteiger partial charge >= 0.3 is 11.9 Å². The Morgan fingerprint density at radius 2 is 2.00 bits per heavy atom. The minimum atomic E-state index is -0.470. The van der Waals surface area contributed by atoms with Crippen LogP contribution in [0.2, 0.25) is 0 Å². The predicted molar refractivity (Wildman–Crippen MR) is 115 cm³/mol. The van der Waals surface area contributed by atoms with Gasteiger partial charge in [-0.3, -0.25) is 4.79 Å². The van der Waals surface area contributed by atoms with Crippen LogP contribution in [0.4, 0.5) is 4.79 Å². The molecule has 0 saturated carbocycles. The smallest absolute Gasteiger partial charge is 0.353 e. The van der Waals surface area contributed by atoms with Crippen molar-refractivity contribution in [2.24, 2.45) is 5.92 Å². The highest BCUT2D eigenvalue weighted by Gasteiger charge is 2.49. The van der Waals surface area contributed by atoms with Gasteiger partial charge in [-0.25, -0.2) is 4.79 Å². The summed E-state index contributed by atoms with van der Waals surface area (Å²) in [4.78, 5) is 39.8. The molecule has 0 bridgehead atoms. The zero-order valence-electron chi connectivity index (χ0n) is 17.4. The van der Waals surface area contributed by atoms with Gasteiger partial charge in [-0.1, -0.05) is 32.0 Å². The average Bonchev–Trinajstić information content (AvgIpc) is 3.14. The molecule has 1 unspecified atom stereocenters. The fourth-order valence-corrected chi connectivity index (χ4v) is 4.31. The number of nitrogens with one attached hydrogen (secondary N) is 1. The molecule has 1 N–H and O–H groups in total. The van der Waals surface area contributed by atoms with Crippen molar-refractivity contribution in [1.82, 2.24) is 10.2 Å². The molecule has 0 aliphatic carbocycles. The van der Waals surface area contributed by atoms with E-state index in [0.717, 1.165) is 23.1 Å². The lowest BCUT2D eigenvalue weighted by molar-refractivity contribution is -0.427. The van der Waals surface area contributed by atoms with Gasteiger partial charge in [-0.05, 0) is 54.4 Å². The summed E-state index contributed by atoms with van der Waals surface area (Å²) in [7, 11) is 0. The number of imide groups is 1. The van der Waals surface area contributed by atoms with Gasteiger partial charge in [0.05, 0.1) is 0 Å². The molecule has 0 radical (unpaired) electrons. The Bertz CT molecular complexity index is 905. The first-order valence-corrected chi connectivity index (χ1v) is 10.9. The fraction of sp³-hybridized carbons (Fsp3) is 0.455. The molecule has 0 saturated heterocycles. The van der Waals surface area contributed by atoms with Crippen LogP contribution in [0.5, 0.6) is 0 Å². The van der Waals surface area contributed by atoms with Gasteiger partial charge in [-0.15, -0.1) is 11.8 Å². The molecule has 2 heterocycles. The minimum Gasteiger partial charge on any atom is -0.353 e. The molecule has 154 valence electrons. The number of carbonyl (C=O) groups is 3. The summed E-state index contributed by atoms with van der Waals surface area (Å²) in [6.07, 6.45) is 2.64. The van der Waals surface area contributed by atoms with Crippen LogP contribution in [-0.2, 0) is 16.1 Å². The summed E-state index contributed by atoms with van der Waals surface area (Å²) in [5, 5.41) is 4.21. The van der Waals surface area contributed by atoms with Crippen molar-refractivity contribution in [1.29, 1.82) is 0 Å². The lowest BCUT2D eigenvalue weighted by Crippen LogP contribution is -2.56. The van der Waals surface area contributed by atoms with Crippen molar-refractivity contribution in [3.8, 4) is 0 Å². The Kier molecular flexibility index (Phi) is 6.57. The molecule has 29 heavy (non-hydrogen) atoms. The van der Waals surface area contributed by atoms with Crippen LogP contribution in [0.3, 0.4) is 0 Å². The molecule has 1 aromatic carbocycles. The molecule has 0 spiro atoms. The third-order valence-electron chi connectivity index (χ3n) is 5.24. The maximum Gasteiger partial charge on any atom is 0.501 e. The van der Waals surface area contributed by atoms with E-state index >= 15 is 0 Å². The van der Waals surface area contributed by atoms with Crippen LogP contribution in [0.1, 0.15) is 37.0 Å². The molecule has 1 atom stereocenters. The molecule has 4 amide bonds. The number of rotatable bonds is 7. The summed E-state index contributed by atoms with van der Waals surface area (Å²) in [6, 6.07) is 5.49. The second-order valence-electron chi connectivity index (χ2n) is 7.99. The van der Waals surface area contributed by atoms with Crippen LogP contribution in [0.15, 0.2) is 29.7 Å². The largest absolute Gasteiger partial charge is 0.501 e. The number of hydrogen-bond donors (Lipinski definition) is 1. The summed E-state index contributed by atoms with van der Waals surface area (Å²) in [5.41, 5.74) is 3.77. The van der Waals surface area contributed by atoms with Gasteiger partial charge in [0.1, 0.15) is 12.3 Å². The average molecular weight is 415 g/mol. The van der Waals surface area contributed by atoms with Crippen molar-refractivity contribution in [2.75, 3.05) is 13.1 Å². The first kappa shape index (κ1) is 21.3. The minimum absolute atomic E-state index is 0.0790. The van der Waals surface area contributed by atoms with Crippen molar-refractivity contribution < 1.29 is 19.0 Å². The number of hydrogen-bond acceptors (Lipinski definition) is 4. The maximum atomic E-state index is 13.1. The Balaban J connectivity index is 1.79. The van der Waals surface area contributed by atoms with Gasteiger partial charge in [0.25, 0.3) is 5.91 Å². The van der Waals surface area contributed by atoms with Crippen LogP contribution >= 0.6 is 11.8 Å². The molecule has 6 nitrogen and oxygen atoms in total. The third-order valence-corrected chi connectivity index (χ3v) is 6.25. The lowest BCUT2D eigenvalue weighted by Gasteiger charge is -2.24. The number of nitrogens with zero attached hydrogens (tertiary/aromatic N) is 2. The van der Waals surface area contributed by atoms with E-state index in [2.05, 4.69) is 19.2 Å². The van der Waals surface area contributed by atoms with Crippen LogP contribution in [-0.4, -0.2) is 51.4 Å². The number of aryl methyl sites for hydroxylation is 2. The topological polar surface area (TPSA) is 69.5 Å². The normalized spacial score (nSPS) is 18.7. The van der Waals surface area contributed by atoms with Gasteiger partial charge in [-0.2, -0.15) is 14.3 Å². The molecule has 1 aromatic rings. The quantitative estimate of drug-likeness (QED) is 0.697. The lowest BCUT2D eigenvalue weighted by atomic mass is 10.1. The van der Waals surface area contributed by atoms with Gasteiger partial charge < -0.3 is 5.32 Å². The zero-order valence-corrected chi connectivity index (χ0v) is 18.2. The summed E-state index contributed by atoms with van der Waals surface area (Å²) < 4.78 is 1.44. The first-order chi connectivity index (χ1) is 13.8. The van der Waals surface area contributed by atoms with E-state index in [1.165, 1.54) is 21.2 Å². The molecule has 2 aliphatic rings. The standard InChI is InChI=1S/C22H27N3O3S/c1-14(2)7-9-23-19(26)13-24-18-8-10-29-20(18)21(27)25(22(24)28)12-17-6-5-15(3)16(4)11-17/h5-6,8,10-11,14,20H,7,9,12-13H2,1-4H3/p+1. The van der Waals surface area contributed by atoms with Crippen molar-refractivity contribution >= 4 is 35.3 Å². The fourth-order valence-electron chi connectivity index (χ4n) is 3.34. The molecule has 2 aliphatic heterocycles. The number of amides is 4. The number of urea groups is 1. The molecule has 0 aromatic heterocycles. The Labute approximate surface area is 176 Å². The van der Waals surface area contributed by atoms with Crippen molar-refractivity contribution in [3.63, 3.8) is 0 Å². The second-order valence-corrected chi connectivity index (χ2v) is 9.00. The maximum absolute atomic E-state index is 13.1. The van der Waals surface area contributed by atoms with E-state index in [1.54, 1.807) is 6.08 Å². The number of fused-ring (bicyclic) bond motifs is 1. The van der Waals surface area contributed by atoms with E-state index in [9.17, 15) is 14.4 Å². The third kappa shape index (κ3) is 4.78. The van der Waals surface area contributed by atoms with Gasteiger partial charge in [0.2, 0.25) is 0 Å². The van der Waals surface area contributed by atoms with Gasteiger partial charge in [0, 0.05) is 6.54 Å². The number of benzene rings is 1. The first-order valence-electron chi connectivity index (χ1n) is 9.92. The van der Waals surface area contributed by atoms with Crippen LogP contribution in [0.25, 0.3) is 0 Å². The molecule has 3 rings (SSSR count). The summed E-state index contributed by atoms with van der Waals surface area (Å²) in [5.74, 6) is 0.0524. The zero-order chi connectivity index (χ0) is 21.1. The Hall–Kier alpha value is -2.41. The van der Waals surface area contributed by atoms with E-state index in [4.69, 9.17) is 0 Å². The van der Waals surface area contributed by atoms with E-state index in [1.807, 2.05) is 37.5 Å².